The molecule has 0 fully saturated rings. The molecule has 0 atom stereocenters. The summed E-state index contributed by atoms with van der Waals surface area (Å²) in [5, 5.41) is 8.94. The third-order valence-corrected chi connectivity index (χ3v) is 5.06. The smallest absolute Gasteiger partial charge is 0.335 e. The van der Waals surface area contributed by atoms with E-state index in [-0.39, 0.29) is 27.7 Å². The number of carboxylic acids is 1. The van der Waals surface area contributed by atoms with Crippen LogP contribution in [-0.4, -0.2) is 30.2 Å². The number of aromatic nitrogens is 1. The van der Waals surface area contributed by atoms with Gasteiger partial charge in [0.1, 0.15) is 0 Å². The molecule has 0 saturated carbocycles. The number of halogens is 1. The Morgan fingerprint density at radius 3 is 2.62 bits per heavy atom. The summed E-state index contributed by atoms with van der Waals surface area (Å²) in [5.41, 5.74) is 0.530. The Kier molecular flexibility index (Phi) is 4.59. The molecule has 0 radical (unpaired) electrons. The standard InChI is InChI=1S/C14H12ClNO4S/c15-12-5-4-10(14(17)18)9-13(12)21(19,20)8-6-11-3-1-2-7-16-11/h1-5,7,9H,6,8H2,(H,17,18). The lowest BCUT2D eigenvalue weighted by atomic mass is 10.2. The van der Waals surface area contributed by atoms with Crippen molar-refractivity contribution in [1.82, 2.24) is 4.98 Å². The second kappa shape index (κ2) is 6.24. The van der Waals surface area contributed by atoms with Crippen molar-refractivity contribution >= 4 is 27.4 Å². The predicted molar refractivity (Wildman–Crippen MR) is 78.4 cm³/mol. The van der Waals surface area contributed by atoms with Gasteiger partial charge in [0.05, 0.1) is 21.2 Å². The summed E-state index contributed by atoms with van der Waals surface area (Å²) in [6.45, 7) is 0. The van der Waals surface area contributed by atoms with Crippen molar-refractivity contribution in [3.63, 3.8) is 0 Å². The zero-order chi connectivity index (χ0) is 15.5. The second-order valence-corrected chi connectivity index (χ2v) is 6.83. The summed E-state index contributed by atoms with van der Waals surface area (Å²) >= 11 is 5.88. The van der Waals surface area contributed by atoms with Gasteiger partial charge in [-0.2, -0.15) is 0 Å². The molecule has 5 nitrogen and oxygen atoms in total. The fourth-order valence-electron chi connectivity index (χ4n) is 1.77. The summed E-state index contributed by atoms with van der Waals surface area (Å²) in [6.07, 6.45) is 1.82. The van der Waals surface area contributed by atoms with Gasteiger partial charge in [-0.15, -0.1) is 0 Å². The molecule has 110 valence electrons. The second-order valence-electron chi connectivity index (χ2n) is 4.34. The molecule has 0 aliphatic rings. The van der Waals surface area contributed by atoms with Crippen LogP contribution in [0.5, 0.6) is 0 Å². The maximum Gasteiger partial charge on any atom is 0.335 e. The predicted octanol–water partition coefficient (Wildman–Crippen LogP) is 2.45. The Bertz CT molecular complexity index is 760. The zero-order valence-electron chi connectivity index (χ0n) is 10.9. The highest BCUT2D eigenvalue weighted by atomic mass is 35.5. The highest BCUT2D eigenvalue weighted by Crippen LogP contribution is 2.24. The van der Waals surface area contributed by atoms with E-state index in [0.717, 1.165) is 6.07 Å². The van der Waals surface area contributed by atoms with E-state index in [1.807, 2.05) is 0 Å². The Balaban J connectivity index is 2.27. The molecule has 0 saturated heterocycles. The number of aryl methyl sites for hydroxylation is 1. The number of rotatable bonds is 5. The monoisotopic (exact) mass is 325 g/mol. The fourth-order valence-corrected chi connectivity index (χ4v) is 3.61. The van der Waals surface area contributed by atoms with E-state index in [2.05, 4.69) is 4.98 Å². The first-order valence-electron chi connectivity index (χ1n) is 6.05. The van der Waals surface area contributed by atoms with E-state index >= 15 is 0 Å². The lowest BCUT2D eigenvalue weighted by molar-refractivity contribution is 0.0696. The molecule has 2 aromatic rings. The average Bonchev–Trinajstić information content (AvgIpc) is 2.46. The van der Waals surface area contributed by atoms with Crippen LogP contribution in [0, 0.1) is 0 Å². The SMILES string of the molecule is O=C(O)c1ccc(Cl)c(S(=O)(=O)CCc2ccccn2)c1. The van der Waals surface area contributed by atoms with Gasteiger partial charge in [0.25, 0.3) is 0 Å². The average molecular weight is 326 g/mol. The first-order chi connectivity index (χ1) is 9.90. The molecule has 1 N–H and O–H groups in total. The molecule has 1 heterocycles. The molecule has 0 aliphatic carbocycles. The van der Waals surface area contributed by atoms with Crippen LogP contribution in [-0.2, 0) is 16.3 Å². The Hall–Kier alpha value is -1.92. The van der Waals surface area contributed by atoms with Crippen LogP contribution in [0.25, 0.3) is 0 Å². The quantitative estimate of drug-likeness (QED) is 0.912. The van der Waals surface area contributed by atoms with E-state index in [0.29, 0.717) is 5.69 Å². The van der Waals surface area contributed by atoms with Crippen molar-refractivity contribution in [3.8, 4) is 0 Å². The summed E-state index contributed by atoms with van der Waals surface area (Å²) in [4.78, 5) is 14.8. The number of carboxylic acid groups (broad SMARTS) is 1. The Morgan fingerprint density at radius 2 is 2.00 bits per heavy atom. The maximum atomic E-state index is 12.3. The molecule has 1 aromatic carbocycles. The summed E-state index contributed by atoms with van der Waals surface area (Å²) < 4.78 is 24.6. The van der Waals surface area contributed by atoms with Crippen molar-refractivity contribution in [1.29, 1.82) is 0 Å². The molecule has 2 rings (SSSR count). The van der Waals surface area contributed by atoms with E-state index in [9.17, 15) is 13.2 Å². The van der Waals surface area contributed by atoms with Gasteiger partial charge in [0, 0.05) is 18.3 Å². The van der Waals surface area contributed by atoms with Crippen molar-refractivity contribution in [2.24, 2.45) is 0 Å². The van der Waals surface area contributed by atoms with Crippen LogP contribution in [0.15, 0.2) is 47.5 Å². The van der Waals surface area contributed by atoms with Gasteiger partial charge in [-0.25, -0.2) is 13.2 Å². The third-order valence-electron chi connectivity index (χ3n) is 2.87. The lowest BCUT2D eigenvalue weighted by Gasteiger charge is -2.07. The Labute approximate surface area is 127 Å². The number of pyridine rings is 1. The van der Waals surface area contributed by atoms with Gasteiger partial charge in [0.15, 0.2) is 9.84 Å². The number of nitrogens with zero attached hydrogens (tertiary/aromatic N) is 1. The van der Waals surface area contributed by atoms with Gasteiger partial charge in [0.2, 0.25) is 0 Å². The number of sulfone groups is 1. The van der Waals surface area contributed by atoms with Crippen LogP contribution in [0.4, 0.5) is 0 Å². The fraction of sp³-hybridized carbons (Fsp3) is 0.143. The van der Waals surface area contributed by atoms with Crippen LogP contribution < -0.4 is 0 Å². The molecule has 1 aromatic heterocycles. The molecule has 21 heavy (non-hydrogen) atoms. The molecule has 0 amide bonds. The first-order valence-corrected chi connectivity index (χ1v) is 8.09. The number of aromatic carboxylic acids is 1. The molecule has 0 aliphatic heterocycles. The van der Waals surface area contributed by atoms with Crippen LogP contribution in [0.2, 0.25) is 5.02 Å². The minimum absolute atomic E-state index is 0.0148. The number of hydrogen-bond donors (Lipinski definition) is 1. The summed E-state index contributed by atoms with van der Waals surface area (Å²) in [5.74, 6) is -1.39. The summed E-state index contributed by atoms with van der Waals surface area (Å²) in [7, 11) is -3.68. The van der Waals surface area contributed by atoms with Gasteiger partial charge in [-0.3, -0.25) is 4.98 Å². The van der Waals surface area contributed by atoms with Gasteiger partial charge < -0.3 is 5.11 Å². The lowest BCUT2D eigenvalue weighted by Crippen LogP contribution is -2.11. The Morgan fingerprint density at radius 1 is 1.24 bits per heavy atom. The molecular formula is C14H12ClNO4S. The number of benzene rings is 1. The molecule has 0 unspecified atom stereocenters. The van der Waals surface area contributed by atoms with Crippen LogP contribution in [0.3, 0.4) is 0 Å². The van der Waals surface area contributed by atoms with E-state index in [1.165, 1.54) is 12.1 Å². The van der Waals surface area contributed by atoms with Crippen LogP contribution >= 0.6 is 11.6 Å². The number of hydrogen-bond acceptors (Lipinski definition) is 4. The van der Waals surface area contributed by atoms with Gasteiger partial charge >= 0.3 is 5.97 Å². The third kappa shape index (κ3) is 3.80. The van der Waals surface area contributed by atoms with E-state index < -0.39 is 15.8 Å². The minimum atomic E-state index is -3.68. The van der Waals surface area contributed by atoms with Gasteiger partial charge in [-0.1, -0.05) is 17.7 Å². The van der Waals surface area contributed by atoms with Crippen molar-refractivity contribution in [2.45, 2.75) is 11.3 Å². The minimum Gasteiger partial charge on any atom is -0.478 e. The maximum absolute atomic E-state index is 12.3. The summed E-state index contributed by atoms with van der Waals surface area (Å²) in [6, 6.07) is 8.86. The van der Waals surface area contributed by atoms with E-state index in [4.69, 9.17) is 16.7 Å². The highest BCUT2D eigenvalue weighted by Gasteiger charge is 2.20. The first kappa shape index (κ1) is 15.5. The normalized spacial score (nSPS) is 11.3. The van der Waals surface area contributed by atoms with Crippen molar-refractivity contribution < 1.29 is 18.3 Å². The zero-order valence-corrected chi connectivity index (χ0v) is 12.4. The molecule has 0 spiro atoms. The van der Waals surface area contributed by atoms with Crippen molar-refractivity contribution in [3.05, 3.63) is 58.9 Å². The molecule has 7 heteroatoms. The van der Waals surface area contributed by atoms with Crippen LogP contribution in [0.1, 0.15) is 16.1 Å². The largest absolute Gasteiger partial charge is 0.478 e. The van der Waals surface area contributed by atoms with E-state index in [1.54, 1.807) is 24.4 Å². The topological polar surface area (TPSA) is 84.3 Å². The van der Waals surface area contributed by atoms with Gasteiger partial charge in [-0.05, 0) is 30.3 Å². The molecule has 0 bridgehead atoms. The van der Waals surface area contributed by atoms with Crippen molar-refractivity contribution in [2.75, 3.05) is 5.75 Å². The molecular weight excluding hydrogens is 314 g/mol. The number of carbonyl (C=O) groups is 1. The highest BCUT2D eigenvalue weighted by molar-refractivity contribution is 7.91.